The van der Waals surface area contributed by atoms with Crippen LogP contribution in [0.15, 0.2) is 48.5 Å². The quantitative estimate of drug-likeness (QED) is 0.108. The molecule has 0 aliphatic heterocycles. The molecule has 0 aliphatic rings. The summed E-state index contributed by atoms with van der Waals surface area (Å²) in [5.41, 5.74) is 0.774. The van der Waals surface area contributed by atoms with Crippen molar-refractivity contribution < 1.29 is 53.1 Å². The molecule has 0 aliphatic carbocycles. The highest BCUT2D eigenvalue weighted by Crippen LogP contribution is 2.30. The molecule has 0 heterocycles. The number of hydrogen-bond donors (Lipinski definition) is 2. The van der Waals surface area contributed by atoms with Gasteiger partial charge in [-0.2, -0.15) is 0 Å². The lowest BCUT2D eigenvalue weighted by molar-refractivity contribution is -0.144. The Balaban J connectivity index is 1.94. The fourth-order valence-corrected chi connectivity index (χ4v) is 4.63. The number of benzene rings is 2. The van der Waals surface area contributed by atoms with E-state index < -0.39 is 37.0 Å². The van der Waals surface area contributed by atoms with Crippen LogP contribution in [0.4, 0.5) is 11.4 Å². The third-order valence-electron chi connectivity index (χ3n) is 6.74. The number of carbonyl (C=O) groups excluding carboxylic acids is 2. The molecule has 0 saturated heterocycles. The molecule has 2 aromatic rings. The molecular weight excluding hydrogens is 612 g/mol. The van der Waals surface area contributed by atoms with Crippen molar-refractivity contribution in [1.29, 1.82) is 0 Å². The maximum Gasteiger partial charge on any atom is 0.325 e. The fraction of sp³-hybridized carbons (Fsp3) is 0.529. The van der Waals surface area contributed by atoms with Crippen molar-refractivity contribution in [2.45, 2.75) is 52.4 Å². The molecule has 13 heteroatoms. The second-order valence-electron chi connectivity index (χ2n) is 10.5. The molecule has 0 unspecified atom stereocenters. The minimum absolute atomic E-state index is 0.0312. The van der Waals surface area contributed by atoms with Crippen LogP contribution in [0, 0.1) is 0 Å². The van der Waals surface area contributed by atoms with Gasteiger partial charge in [0.25, 0.3) is 0 Å². The van der Waals surface area contributed by atoms with Gasteiger partial charge in [0.05, 0.1) is 24.6 Å². The third kappa shape index (κ3) is 16.0. The highest BCUT2D eigenvalue weighted by molar-refractivity contribution is 5.82. The Morgan fingerprint density at radius 3 is 1.57 bits per heavy atom. The third-order valence-corrected chi connectivity index (χ3v) is 6.74. The Labute approximate surface area is 276 Å². The predicted molar refractivity (Wildman–Crippen MR) is 175 cm³/mol. The molecule has 0 amide bonds. The summed E-state index contributed by atoms with van der Waals surface area (Å²) in [6, 6.07) is 13.4. The predicted octanol–water partition coefficient (Wildman–Crippen LogP) is 4.41. The summed E-state index contributed by atoms with van der Waals surface area (Å²) in [5.74, 6) is -2.77. The largest absolute Gasteiger partial charge is 0.488 e. The molecule has 0 fully saturated rings. The highest BCUT2D eigenvalue weighted by Gasteiger charge is 2.21. The van der Waals surface area contributed by atoms with Gasteiger partial charge in [-0.3, -0.25) is 19.2 Å². The molecule has 0 saturated carbocycles. The minimum atomic E-state index is -1.14. The van der Waals surface area contributed by atoms with Crippen LogP contribution in [0.2, 0.25) is 0 Å². The maximum absolute atomic E-state index is 12.6. The molecule has 13 nitrogen and oxygen atoms in total. The second kappa shape index (κ2) is 22.9. The number of aliphatic carboxylic acids is 2. The summed E-state index contributed by atoms with van der Waals surface area (Å²) in [7, 11) is 0. The van der Waals surface area contributed by atoms with Crippen LogP contribution in [0.3, 0.4) is 0 Å². The van der Waals surface area contributed by atoms with E-state index in [1.54, 1.807) is 55.5 Å². The van der Waals surface area contributed by atoms with E-state index in [1.165, 1.54) is 35.5 Å². The van der Waals surface area contributed by atoms with E-state index in [9.17, 15) is 29.4 Å². The lowest BCUT2D eigenvalue weighted by Crippen LogP contribution is -2.36. The molecule has 0 radical (unpaired) electrons. The Kier molecular flexibility index (Phi) is 18.8. The number of anilines is 2. The summed E-state index contributed by atoms with van der Waals surface area (Å²) in [6.07, 6.45) is 6.92. The standard InChI is InChI=1S/C34H48N2O11/c1-3-5-6-7-8-13-18-43-19-20-47-34(42)26-36(24-32(39)40)28-15-10-12-17-30(28)46-22-21-45-29-16-11-9-14-27(29)35(23-31(37)38)25-33(41)44-4-2/h9-12,14-17H,3-8,13,18-26H2,1-2H3,(H,37,38)(H,39,40). The number of rotatable bonds is 26. The minimum Gasteiger partial charge on any atom is -0.488 e. The topological polar surface area (TPSA) is 161 Å². The van der Waals surface area contributed by atoms with E-state index in [2.05, 4.69) is 6.92 Å². The van der Waals surface area contributed by atoms with Gasteiger partial charge < -0.3 is 43.7 Å². The van der Waals surface area contributed by atoms with Gasteiger partial charge in [-0.1, -0.05) is 63.3 Å². The van der Waals surface area contributed by atoms with E-state index in [-0.39, 0.29) is 46.1 Å². The van der Waals surface area contributed by atoms with Crippen LogP contribution >= 0.6 is 0 Å². The summed E-state index contributed by atoms with van der Waals surface area (Å²) in [5, 5.41) is 18.9. The summed E-state index contributed by atoms with van der Waals surface area (Å²) in [6.45, 7) is 3.49. The average molecular weight is 661 g/mol. The van der Waals surface area contributed by atoms with Crippen molar-refractivity contribution in [3.63, 3.8) is 0 Å². The Morgan fingerprint density at radius 1 is 0.574 bits per heavy atom. The molecule has 0 aromatic heterocycles. The van der Waals surface area contributed by atoms with Gasteiger partial charge in [0.15, 0.2) is 0 Å². The molecular formula is C34H48N2O11. The van der Waals surface area contributed by atoms with Crippen molar-refractivity contribution in [2.75, 3.05) is 75.6 Å². The SMILES string of the molecule is CCCCCCCCOCCOC(=O)CN(CC(=O)O)c1ccccc1OCCOc1ccccc1N(CC(=O)O)CC(=O)OCC. The zero-order valence-corrected chi connectivity index (χ0v) is 27.4. The van der Waals surface area contributed by atoms with Gasteiger partial charge in [0.2, 0.25) is 0 Å². The number of nitrogens with zero attached hydrogens (tertiary/aromatic N) is 2. The van der Waals surface area contributed by atoms with E-state index in [0.29, 0.717) is 29.5 Å². The van der Waals surface area contributed by atoms with Gasteiger partial charge in [0, 0.05) is 6.61 Å². The number of carbonyl (C=O) groups is 4. The zero-order valence-electron chi connectivity index (χ0n) is 27.4. The van der Waals surface area contributed by atoms with Crippen molar-refractivity contribution in [2.24, 2.45) is 0 Å². The van der Waals surface area contributed by atoms with Gasteiger partial charge in [-0.05, 0) is 37.6 Å². The molecule has 2 aromatic carbocycles. The highest BCUT2D eigenvalue weighted by atomic mass is 16.6. The first-order chi connectivity index (χ1) is 22.7. The van der Waals surface area contributed by atoms with Crippen LogP contribution < -0.4 is 19.3 Å². The average Bonchev–Trinajstić information content (AvgIpc) is 3.03. The number of esters is 2. The number of unbranched alkanes of at least 4 members (excludes halogenated alkanes) is 5. The van der Waals surface area contributed by atoms with Crippen molar-refractivity contribution in [1.82, 2.24) is 0 Å². The molecule has 2 N–H and O–H groups in total. The van der Waals surface area contributed by atoms with E-state index >= 15 is 0 Å². The number of ether oxygens (including phenoxy) is 5. The van der Waals surface area contributed by atoms with Gasteiger partial charge in [0.1, 0.15) is 57.5 Å². The number of carboxylic acid groups (broad SMARTS) is 2. The second-order valence-corrected chi connectivity index (χ2v) is 10.5. The van der Waals surface area contributed by atoms with Gasteiger partial charge in [-0.15, -0.1) is 0 Å². The summed E-state index contributed by atoms with van der Waals surface area (Å²) in [4.78, 5) is 50.5. The van der Waals surface area contributed by atoms with Gasteiger partial charge >= 0.3 is 23.9 Å². The smallest absolute Gasteiger partial charge is 0.325 e. The Bertz CT molecular complexity index is 1240. The summed E-state index contributed by atoms with van der Waals surface area (Å²) < 4.78 is 27.6. The number of hydrogen-bond acceptors (Lipinski definition) is 11. The van der Waals surface area contributed by atoms with Crippen molar-refractivity contribution in [3.8, 4) is 11.5 Å². The molecule has 0 spiro atoms. The lowest BCUT2D eigenvalue weighted by atomic mass is 10.1. The first-order valence-electron chi connectivity index (χ1n) is 16.0. The first kappa shape index (κ1) is 38.7. The van der Waals surface area contributed by atoms with Crippen LogP contribution in [-0.2, 0) is 33.4 Å². The molecule has 47 heavy (non-hydrogen) atoms. The Morgan fingerprint density at radius 2 is 1.06 bits per heavy atom. The maximum atomic E-state index is 12.6. The molecule has 0 bridgehead atoms. The Hall–Kier alpha value is -4.52. The molecule has 0 atom stereocenters. The number of para-hydroxylation sites is 4. The molecule has 2 rings (SSSR count). The van der Waals surface area contributed by atoms with Crippen LogP contribution in [0.5, 0.6) is 11.5 Å². The van der Waals surface area contributed by atoms with E-state index in [1.807, 2.05) is 0 Å². The van der Waals surface area contributed by atoms with Crippen molar-refractivity contribution >= 4 is 35.3 Å². The van der Waals surface area contributed by atoms with E-state index in [0.717, 1.165) is 12.8 Å². The van der Waals surface area contributed by atoms with Crippen molar-refractivity contribution in [3.05, 3.63) is 48.5 Å². The lowest BCUT2D eigenvalue weighted by Gasteiger charge is -2.25. The van der Waals surface area contributed by atoms with Gasteiger partial charge in [-0.25, -0.2) is 0 Å². The fourth-order valence-electron chi connectivity index (χ4n) is 4.63. The van der Waals surface area contributed by atoms with Crippen LogP contribution in [-0.4, -0.2) is 99.9 Å². The molecule has 260 valence electrons. The van der Waals surface area contributed by atoms with Crippen LogP contribution in [0.1, 0.15) is 52.4 Å². The van der Waals surface area contributed by atoms with E-state index in [4.69, 9.17) is 23.7 Å². The first-order valence-corrected chi connectivity index (χ1v) is 16.0. The van der Waals surface area contributed by atoms with Crippen LogP contribution in [0.25, 0.3) is 0 Å². The normalized spacial score (nSPS) is 10.6. The summed E-state index contributed by atoms with van der Waals surface area (Å²) >= 11 is 0. The zero-order chi connectivity index (χ0) is 34.3. The monoisotopic (exact) mass is 660 g/mol. The number of carboxylic acids is 2.